The summed E-state index contributed by atoms with van der Waals surface area (Å²) >= 11 is 0. The van der Waals surface area contributed by atoms with Crippen LogP contribution in [0.1, 0.15) is 18.9 Å². The molecule has 0 saturated carbocycles. The highest BCUT2D eigenvalue weighted by molar-refractivity contribution is 14.0. The van der Waals surface area contributed by atoms with Crippen LogP contribution in [0.4, 0.5) is 4.39 Å². The lowest BCUT2D eigenvalue weighted by Crippen LogP contribution is -2.38. The van der Waals surface area contributed by atoms with Gasteiger partial charge in [-0.25, -0.2) is 17.8 Å². The highest BCUT2D eigenvalue weighted by Crippen LogP contribution is 2.11. The molecule has 0 aliphatic rings. The number of nitrogens with zero attached hydrogens (tertiary/aromatic N) is 1. The molecule has 0 radical (unpaired) electrons. The second-order valence-corrected chi connectivity index (χ2v) is 7.81. The number of rotatable bonds is 8. The maximum atomic E-state index is 13.6. The zero-order valence-corrected chi connectivity index (χ0v) is 18.3. The van der Waals surface area contributed by atoms with E-state index in [1.807, 2.05) is 6.92 Å². The van der Waals surface area contributed by atoms with E-state index in [4.69, 9.17) is 0 Å². The van der Waals surface area contributed by atoms with Gasteiger partial charge in [0.05, 0.1) is 17.2 Å². The van der Waals surface area contributed by atoms with Crippen LogP contribution in [-0.2, 0) is 16.4 Å². The number of sulfone groups is 1. The molecule has 0 aliphatic carbocycles. The van der Waals surface area contributed by atoms with E-state index >= 15 is 0 Å². The van der Waals surface area contributed by atoms with E-state index in [1.54, 1.807) is 48.5 Å². The smallest absolute Gasteiger partial charge is 0.191 e. The molecule has 0 spiro atoms. The third kappa shape index (κ3) is 7.84. The number of hydrogen-bond acceptors (Lipinski definition) is 3. The minimum absolute atomic E-state index is 0. The van der Waals surface area contributed by atoms with Crippen LogP contribution in [0.5, 0.6) is 0 Å². The Hall–Kier alpha value is -1.68. The molecule has 2 aromatic rings. The predicted molar refractivity (Wildman–Crippen MR) is 118 cm³/mol. The van der Waals surface area contributed by atoms with Crippen molar-refractivity contribution in [2.75, 3.05) is 18.8 Å². The number of aliphatic imine (C=N–C) groups is 1. The van der Waals surface area contributed by atoms with Gasteiger partial charge < -0.3 is 10.6 Å². The Bertz CT molecular complexity index is 830. The molecule has 0 aromatic heterocycles. The molecular formula is C19H25FIN3O2S. The van der Waals surface area contributed by atoms with Gasteiger partial charge in [-0.1, -0.05) is 36.4 Å². The lowest BCUT2D eigenvalue weighted by atomic mass is 10.2. The van der Waals surface area contributed by atoms with E-state index < -0.39 is 9.84 Å². The third-order valence-corrected chi connectivity index (χ3v) is 5.51. The molecule has 0 fully saturated rings. The van der Waals surface area contributed by atoms with Crippen molar-refractivity contribution in [3.05, 3.63) is 66.0 Å². The van der Waals surface area contributed by atoms with Crippen molar-refractivity contribution in [2.24, 2.45) is 4.99 Å². The van der Waals surface area contributed by atoms with E-state index in [1.165, 1.54) is 6.07 Å². The lowest BCUT2D eigenvalue weighted by molar-refractivity contribution is 0.592. The summed E-state index contributed by atoms with van der Waals surface area (Å²) in [5, 5.41) is 6.16. The molecule has 2 rings (SSSR count). The van der Waals surface area contributed by atoms with Gasteiger partial charge in [0.15, 0.2) is 15.8 Å². The SMILES string of the molecule is CCNC(=NCc1ccccc1F)NCCCS(=O)(=O)c1ccccc1.I. The van der Waals surface area contributed by atoms with Gasteiger partial charge in [-0.2, -0.15) is 0 Å². The van der Waals surface area contributed by atoms with Crippen LogP contribution in [0.3, 0.4) is 0 Å². The standard InChI is InChI=1S/C19H24FN3O2S.HI/c1-2-21-19(23-15-16-9-6-7-12-18(16)20)22-13-8-14-26(24,25)17-10-4-3-5-11-17;/h3-7,9-12H,2,8,13-15H2,1H3,(H2,21,22,23);1H. The van der Waals surface area contributed by atoms with Crippen molar-refractivity contribution >= 4 is 39.8 Å². The first-order valence-corrected chi connectivity index (χ1v) is 10.2. The van der Waals surface area contributed by atoms with Gasteiger partial charge in [0.25, 0.3) is 0 Å². The minimum atomic E-state index is -3.28. The van der Waals surface area contributed by atoms with E-state index in [-0.39, 0.29) is 42.1 Å². The van der Waals surface area contributed by atoms with Crippen LogP contribution < -0.4 is 10.6 Å². The van der Waals surface area contributed by atoms with Crippen LogP contribution in [-0.4, -0.2) is 33.2 Å². The van der Waals surface area contributed by atoms with E-state index in [0.717, 1.165) is 0 Å². The number of guanidine groups is 1. The van der Waals surface area contributed by atoms with E-state index in [2.05, 4.69) is 15.6 Å². The van der Waals surface area contributed by atoms with Gasteiger partial charge in [-0.05, 0) is 31.5 Å². The largest absolute Gasteiger partial charge is 0.357 e. The first kappa shape index (κ1) is 23.4. The summed E-state index contributed by atoms with van der Waals surface area (Å²) in [6.45, 7) is 3.26. The molecular weight excluding hydrogens is 480 g/mol. The number of nitrogens with one attached hydrogen (secondary N) is 2. The number of halogens is 2. The van der Waals surface area contributed by atoms with Crippen LogP contribution in [0.15, 0.2) is 64.5 Å². The van der Waals surface area contributed by atoms with Crippen molar-refractivity contribution in [3.63, 3.8) is 0 Å². The zero-order valence-electron chi connectivity index (χ0n) is 15.2. The summed E-state index contributed by atoms with van der Waals surface area (Å²) < 4.78 is 38.1. The molecule has 0 atom stereocenters. The maximum absolute atomic E-state index is 13.6. The van der Waals surface area contributed by atoms with Crippen LogP contribution >= 0.6 is 24.0 Å². The fourth-order valence-corrected chi connectivity index (χ4v) is 3.68. The molecule has 8 heteroatoms. The predicted octanol–water partition coefficient (Wildman–Crippen LogP) is 3.36. The van der Waals surface area contributed by atoms with E-state index in [9.17, 15) is 12.8 Å². The minimum Gasteiger partial charge on any atom is -0.357 e. The summed E-state index contributed by atoms with van der Waals surface area (Å²) in [5.74, 6) is 0.297. The van der Waals surface area contributed by atoms with Gasteiger partial charge >= 0.3 is 0 Å². The van der Waals surface area contributed by atoms with Gasteiger partial charge in [0.1, 0.15) is 5.82 Å². The topological polar surface area (TPSA) is 70.6 Å². The summed E-state index contributed by atoms with van der Waals surface area (Å²) in [4.78, 5) is 4.68. The molecule has 148 valence electrons. The molecule has 27 heavy (non-hydrogen) atoms. The summed E-state index contributed by atoms with van der Waals surface area (Å²) in [5.41, 5.74) is 0.511. The van der Waals surface area contributed by atoms with Gasteiger partial charge in [0.2, 0.25) is 0 Å². The number of benzene rings is 2. The molecule has 5 nitrogen and oxygen atoms in total. The Morgan fingerprint density at radius 2 is 1.70 bits per heavy atom. The first-order valence-electron chi connectivity index (χ1n) is 8.56. The highest BCUT2D eigenvalue weighted by atomic mass is 127. The molecule has 0 bridgehead atoms. The Labute approximate surface area is 177 Å². The average Bonchev–Trinajstić information content (AvgIpc) is 2.65. The van der Waals surface area contributed by atoms with Crippen molar-refractivity contribution < 1.29 is 12.8 Å². The second kappa shape index (κ2) is 11.9. The molecule has 0 aliphatic heterocycles. The molecule has 0 saturated heterocycles. The second-order valence-electron chi connectivity index (χ2n) is 5.70. The van der Waals surface area contributed by atoms with Crippen LogP contribution in [0, 0.1) is 5.82 Å². The Kier molecular flexibility index (Phi) is 10.3. The van der Waals surface area contributed by atoms with Gasteiger partial charge in [-0.3, -0.25) is 0 Å². The summed E-state index contributed by atoms with van der Waals surface area (Å²) in [6, 6.07) is 14.9. The molecule has 2 aromatic carbocycles. The summed E-state index contributed by atoms with van der Waals surface area (Å²) in [6.07, 6.45) is 0.446. The molecule has 0 amide bonds. The quantitative estimate of drug-likeness (QED) is 0.250. The average molecular weight is 505 g/mol. The van der Waals surface area contributed by atoms with Crippen molar-refractivity contribution in [1.29, 1.82) is 0 Å². The van der Waals surface area contributed by atoms with Crippen molar-refractivity contribution in [1.82, 2.24) is 10.6 Å². The Balaban J connectivity index is 0.00000364. The molecule has 2 N–H and O–H groups in total. The monoisotopic (exact) mass is 505 g/mol. The number of hydrogen-bond donors (Lipinski definition) is 2. The lowest BCUT2D eigenvalue weighted by Gasteiger charge is -2.11. The first-order chi connectivity index (χ1) is 12.5. The third-order valence-electron chi connectivity index (χ3n) is 3.69. The highest BCUT2D eigenvalue weighted by Gasteiger charge is 2.13. The van der Waals surface area contributed by atoms with Crippen LogP contribution in [0.25, 0.3) is 0 Å². The Morgan fingerprint density at radius 3 is 2.37 bits per heavy atom. The normalized spacial score (nSPS) is 11.6. The van der Waals surface area contributed by atoms with Crippen molar-refractivity contribution in [2.45, 2.75) is 24.8 Å². The van der Waals surface area contributed by atoms with Gasteiger partial charge in [-0.15, -0.1) is 24.0 Å². The maximum Gasteiger partial charge on any atom is 0.191 e. The fourth-order valence-electron chi connectivity index (χ4n) is 2.35. The Morgan fingerprint density at radius 1 is 1.04 bits per heavy atom. The molecule has 0 heterocycles. The summed E-state index contributed by atoms with van der Waals surface area (Å²) in [7, 11) is -3.28. The van der Waals surface area contributed by atoms with E-state index in [0.29, 0.717) is 35.9 Å². The van der Waals surface area contributed by atoms with Gasteiger partial charge in [0, 0.05) is 18.7 Å². The van der Waals surface area contributed by atoms with Crippen LogP contribution in [0.2, 0.25) is 0 Å². The zero-order chi connectivity index (χ0) is 18.8. The molecule has 0 unspecified atom stereocenters. The van der Waals surface area contributed by atoms with Crippen molar-refractivity contribution in [3.8, 4) is 0 Å². The fraction of sp³-hybridized carbons (Fsp3) is 0.316.